The molecule has 138 valence electrons. The molecule has 0 spiro atoms. The Labute approximate surface area is 164 Å². The average Bonchev–Trinajstić information content (AvgIpc) is 2.67. The van der Waals surface area contributed by atoms with Crippen molar-refractivity contribution in [2.24, 2.45) is 0 Å². The molecule has 0 radical (unpaired) electrons. The van der Waals surface area contributed by atoms with E-state index in [1.807, 2.05) is 60.4 Å². The summed E-state index contributed by atoms with van der Waals surface area (Å²) in [6.07, 6.45) is 0. The van der Waals surface area contributed by atoms with Crippen LogP contribution in [0.4, 0.5) is 5.69 Å². The number of rotatable bonds is 5. The first-order valence-electron chi connectivity index (χ1n) is 8.81. The van der Waals surface area contributed by atoms with Crippen LogP contribution in [0.3, 0.4) is 0 Å². The largest absolute Gasteiger partial charge is 0.367 e. The number of amides is 1. The Balaban J connectivity index is 1.50. The van der Waals surface area contributed by atoms with Gasteiger partial charge in [-0.1, -0.05) is 53.5 Å². The van der Waals surface area contributed by atoms with Gasteiger partial charge in [0.2, 0.25) is 5.91 Å². The standard InChI is InChI=1S/C20H23Cl2N3O/c1-15(16-6-2-3-7-17(16)21)23-14-20(26)25-12-10-24(11-13-25)19-9-5-4-8-18(19)22/h2-9,15,23H,10-14H2,1H3/t15-/m0/s1. The van der Waals surface area contributed by atoms with Crippen LogP contribution in [-0.4, -0.2) is 43.5 Å². The highest BCUT2D eigenvalue weighted by atomic mass is 35.5. The zero-order valence-corrected chi connectivity index (χ0v) is 16.3. The van der Waals surface area contributed by atoms with Gasteiger partial charge in [-0.05, 0) is 30.7 Å². The number of carbonyl (C=O) groups excluding carboxylic acids is 1. The van der Waals surface area contributed by atoms with Crippen molar-refractivity contribution >= 4 is 34.8 Å². The van der Waals surface area contributed by atoms with E-state index < -0.39 is 0 Å². The van der Waals surface area contributed by atoms with E-state index in [1.54, 1.807) is 0 Å². The van der Waals surface area contributed by atoms with E-state index in [2.05, 4.69) is 10.2 Å². The van der Waals surface area contributed by atoms with Gasteiger partial charge in [0, 0.05) is 37.2 Å². The van der Waals surface area contributed by atoms with Crippen LogP contribution in [0.2, 0.25) is 10.0 Å². The molecule has 2 aromatic carbocycles. The van der Waals surface area contributed by atoms with Crippen molar-refractivity contribution in [1.82, 2.24) is 10.2 Å². The fourth-order valence-electron chi connectivity index (χ4n) is 3.19. The summed E-state index contributed by atoms with van der Waals surface area (Å²) in [5.41, 5.74) is 2.04. The van der Waals surface area contributed by atoms with Crippen LogP contribution in [-0.2, 0) is 4.79 Å². The predicted molar refractivity (Wildman–Crippen MR) is 108 cm³/mol. The van der Waals surface area contributed by atoms with E-state index in [-0.39, 0.29) is 11.9 Å². The summed E-state index contributed by atoms with van der Waals surface area (Å²) in [6.45, 7) is 5.30. The third kappa shape index (κ3) is 4.50. The second-order valence-corrected chi connectivity index (χ2v) is 7.26. The maximum atomic E-state index is 12.5. The Morgan fingerprint density at radius 1 is 1.00 bits per heavy atom. The lowest BCUT2D eigenvalue weighted by atomic mass is 10.1. The van der Waals surface area contributed by atoms with Crippen molar-refractivity contribution in [1.29, 1.82) is 0 Å². The lowest BCUT2D eigenvalue weighted by molar-refractivity contribution is -0.130. The molecule has 0 aromatic heterocycles. The first-order chi connectivity index (χ1) is 12.6. The molecule has 1 saturated heterocycles. The molecule has 0 unspecified atom stereocenters. The van der Waals surface area contributed by atoms with Crippen LogP contribution in [0.1, 0.15) is 18.5 Å². The van der Waals surface area contributed by atoms with E-state index in [4.69, 9.17) is 23.2 Å². The van der Waals surface area contributed by atoms with Gasteiger partial charge in [0.15, 0.2) is 0 Å². The summed E-state index contributed by atoms with van der Waals surface area (Å²) in [5.74, 6) is 0.114. The highest BCUT2D eigenvalue weighted by molar-refractivity contribution is 6.33. The van der Waals surface area contributed by atoms with Crippen molar-refractivity contribution in [3.63, 3.8) is 0 Å². The van der Waals surface area contributed by atoms with Gasteiger partial charge in [-0.2, -0.15) is 0 Å². The minimum atomic E-state index is 0.0251. The number of carbonyl (C=O) groups is 1. The Kier molecular flexibility index (Phi) is 6.41. The van der Waals surface area contributed by atoms with Gasteiger partial charge in [0.25, 0.3) is 0 Å². The number of anilines is 1. The third-order valence-corrected chi connectivity index (χ3v) is 5.42. The fourth-order valence-corrected chi connectivity index (χ4v) is 3.75. The van der Waals surface area contributed by atoms with Gasteiger partial charge in [0.1, 0.15) is 0 Å². The van der Waals surface area contributed by atoms with Gasteiger partial charge in [0.05, 0.1) is 17.3 Å². The molecule has 1 amide bonds. The Bertz CT molecular complexity index is 760. The van der Waals surface area contributed by atoms with Crippen molar-refractivity contribution in [3.8, 4) is 0 Å². The molecule has 1 heterocycles. The monoisotopic (exact) mass is 391 g/mol. The van der Waals surface area contributed by atoms with Crippen LogP contribution in [0, 0.1) is 0 Å². The summed E-state index contributed by atoms with van der Waals surface area (Å²) in [7, 11) is 0. The van der Waals surface area contributed by atoms with Crippen LogP contribution < -0.4 is 10.2 Å². The molecule has 1 atom stereocenters. The Hall–Kier alpha value is -1.75. The number of para-hydroxylation sites is 1. The number of piperazine rings is 1. The number of halogens is 2. The SMILES string of the molecule is C[C@H](NCC(=O)N1CCN(c2ccccc2Cl)CC1)c1ccccc1Cl. The Morgan fingerprint density at radius 3 is 2.27 bits per heavy atom. The average molecular weight is 392 g/mol. The van der Waals surface area contributed by atoms with Crippen LogP contribution in [0.25, 0.3) is 0 Å². The molecular weight excluding hydrogens is 369 g/mol. The zero-order valence-electron chi connectivity index (χ0n) is 14.8. The molecule has 3 rings (SSSR count). The van der Waals surface area contributed by atoms with Crippen molar-refractivity contribution in [3.05, 3.63) is 64.1 Å². The quantitative estimate of drug-likeness (QED) is 0.836. The first-order valence-corrected chi connectivity index (χ1v) is 9.57. The third-order valence-electron chi connectivity index (χ3n) is 4.76. The zero-order chi connectivity index (χ0) is 18.5. The summed E-state index contributed by atoms with van der Waals surface area (Å²) >= 11 is 12.5. The van der Waals surface area contributed by atoms with E-state index >= 15 is 0 Å². The van der Waals surface area contributed by atoms with Gasteiger partial charge in [-0.25, -0.2) is 0 Å². The molecule has 2 aromatic rings. The maximum absolute atomic E-state index is 12.5. The normalized spacial score (nSPS) is 15.8. The molecule has 1 aliphatic rings. The van der Waals surface area contributed by atoms with Crippen LogP contribution in [0.5, 0.6) is 0 Å². The fraction of sp³-hybridized carbons (Fsp3) is 0.350. The Morgan fingerprint density at radius 2 is 1.62 bits per heavy atom. The maximum Gasteiger partial charge on any atom is 0.236 e. The van der Waals surface area contributed by atoms with Gasteiger partial charge in [-0.15, -0.1) is 0 Å². The van der Waals surface area contributed by atoms with Gasteiger partial charge >= 0.3 is 0 Å². The first kappa shape index (κ1) is 19.0. The molecule has 6 heteroatoms. The summed E-state index contributed by atoms with van der Waals surface area (Å²) in [6, 6.07) is 15.6. The minimum absolute atomic E-state index is 0.0251. The van der Waals surface area contributed by atoms with Crippen LogP contribution >= 0.6 is 23.2 Å². The van der Waals surface area contributed by atoms with Crippen molar-refractivity contribution in [2.45, 2.75) is 13.0 Å². The smallest absolute Gasteiger partial charge is 0.236 e. The van der Waals surface area contributed by atoms with E-state index in [9.17, 15) is 4.79 Å². The molecule has 26 heavy (non-hydrogen) atoms. The molecule has 1 N–H and O–H groups in total. The van der Waals surface area contributed by atoms with E-state index in [0.29, 0.717) is 24.7 Å². The molecule has 1 fully saturated rings. The van der Waals surface area contributed by atoms with Crippen molar-refractivity contribution in [2.75, 3.05) is 37.6 Å². The molecule has 4 nitrogen and oxygen atoms in total. The lowest BCUT2D eigenvalue weighted by Crippen LogP contribution is -2.51. The number of nitrogens with one attached hydrogen (secondary N) is 1. The number of hydrogen-bond acceptors (Lipinski definition) is 3. The highest BCUT2D eigenvalue weighted by Crippen LogP contribution is 2.26. The molecule has 0 aliphatic carbocycles. The second kappa shape index (κ2) is 8.76. The molecule has 1 aliphatic heterocycles. The van der Waals surface area contributed by atoms with E-state index in [1.165, 1.54) is 0 Å². The minimum Gasteiger partial charge on any atom is -0.367 e. The second-order valence-electron chi connectivity index (χ2n) is 6.44. The molecule has 0 bridgehead atoms. The molecule has 0 saturated carbocycles. The van der Waals surface area contributed by atoms with Crippen molar-refractivity contribution < 1.29 is 4.79 Å². The van der Waals surface area contributed by atoms with Gasteiger partial charge in [-0.3, -0.25) is 4.79 Å². The predicted octanol–water partition coefficient (Wildman–Crippen LogP) is 3.99. The number of benzene rings is 2. The summed E-state index contributed by atoms with van der Waals surface area (Å²) in [5, 5.41) is 4.75. The highest BCUT2D eigenvalue weighted by Gasteiger charge is 2.22. The van der Waals surface area contributed by atoms with Crippen LogP contribution in [0.15, 0.2) is 48.5 Å². The number of nitrogens with zero attached hydrogens (tertiary/aromatic N) is 2. The molecular formula is C20H23Cl2N3O. The lowest BCUT2D eigenvalue weighted by Gasteiger charge is -2.36. The summed E-state index contributed by atoms with van der Waals surface area (Å²) < 4.78 is 0. The van der Waals surface area contributed by atoms with Gasteiger partial charge < -0.3 is 15.1 Å². The summed E-state index contributed by atoms with van der Waals surface area (Å²) in [4.78, 5) is 16.6. The topological polar surface area (TPSA) is 35.6 Å². The number of hydrogen-bond donors (Lipinski definition) is 1. The van der Waals surface area contributed by atoms with E-state index in [0.717, 1.165) is 29.4 Å².